The monoisotopic (exact) mass is 261 g/mol. The number of rotatable bonds is 2. The van der Waals surface area contributed by atoms with Crippen LogP contribution in [0.25, 0.3) is 11.0 Å². The van der Waals surface area contributed by atoms with Crippen LogP contribution in [0.2, 0.25) is 0 Å². The topological polar surface area (TPSA) is 21.1 Å². The molecule has 1 atom stereocenters. The molecule has 0 radical (unpaired) electrons. The van der Waals surface area contributed by atoms with Gasteiger partial charge < -0.3 is 9.47 Å². The number of para-hydroxylation sites is 1. The van der Waals surface area contributed by atoms with Gasteiger partial charge in [-0.3, -0.25) is 0 Å². The van der Waals surface area contributed by atoms with Gasteiger partial charge in [-0.05, 0) is 30.9 Å². The van der Waals surface area contributed by atoms with Crippen LogP contribution < -0.4 is 4.90 Å². The number of fused-ring (bicyclic) bond motifs is 1. The average molecular weight is 261 g/mol. The Morgan fingerprint density at radius 2 is 2.26 bits per heavy atom. The van der Waals surface area contributed by atoms with E-state index in [1.54, 1.807) is 6.07 Å². The lowest BCUT2D eigenvalue weighted by molar-refractivity contribution is 0.399. The number of aromatic nitrogens is 2. The first kappa shape index (κ1) is 12.5. The SMILES string of the molecule is CC[C@H]1CCCN(c2nc3cccc(F)c3n2C)C1. The molecule has 3 nitrogen and oxygen atoms in total. The zero-order chi connectivity index (χ0) is 13.4. The Labute approximate surface area is 113 Å². The van der Waals surface area contributed by atoms with Crippen LogP contribution in [-0.4, -0.2) is 22.6 Å². The van der Waals surface area contributed by atoms with Gasteiger partial charge in [-0.25, -0.2) is 9.37 Å². The molecule has 0 N–H and O–H groups in total. The maximum absolute atomic E-state index is 13.9. The van der Waals surface area contributed by atoms with Crippen molar-refractivity contribution in [2.75, 3.05) is 18.0 Å². The molecular weight excluding hydrogens is 241 g/mol. The highest BCUT2D eigenvalue weighted by Crippen LogP contribution is 2.27. The maximum Gasteiger partial charge on any atom is 0.206 e. The fourth-order valence-corrected chi connectivity index (χ4v) is 3.07. The fourth-order valence-electron chi connectivity index (χ4n) is 3.07. The van der Waals surface area contributed by atoms with Crippen molar-refractivity contribution >= 4 is 17.0 Å². The third-order valence-corrected chi connectivity index (χ3v) is 4.20. The lowest BCUT2D eigenvalue weighted by Gasteiger charge is -2.32. The van der Waals surface area contributed by atoms with Crippen molar-refractivity contribution in [1.82, 2.24) is 9.55 Å². The summed E-state index contributed by atoms with van der Waals surface area (Å²) >= 11 is 0. The Balaban J connectivity index is 2.01. The molecular formula is C15H20FN3. The number of nitrogens with zero attached hydrogens (tertiary/aromatic N) is 3. The molecule has 1 saturated heterocycles. The molecule has 2 aromatic rings. The van der Waals surface area contributed by atoms with E-state index in [-0.39, 0.29) is 5.82 Å². The Bertz CT molecular complexity index is 590. The minimum Gasteiger partial charge on any atom is -0.342 e. The Hall–Kier alpha value is -1.58. The normalized spacial score (nSPS) is 20.2. The third kappa shape index (κ3) is 2.09. The number of piperidine rings is 1. The second kappa shape index (κ2) is 4.83. The van der Waals surface area contributed by atoms with E-state index in [1.807, 2.05) is 17.7 Å². The molecule has 1 aromatic heterocycles. The second-order valence-electron chi connectivity index (χ2n) is 5.44. The number of aryl methyl sites for hydroxylation is 1. The van der Waals surface area contributed by atoms with Gasteiger partial charge in [0.25, 0.3) is 0 Å². The predicted octanol–water partition coefficient (Wildman–Crippen LogP) is 3.34. The van der Waals surface area contributed by atoms with E-state index in [0.29, 0.717) is 5.52 Å². The minimum absolute atomic E-state index is 0.192. The lowest BCUT2D eigenvalue weighted by Crippen LogP contribution is -2.36. The molecule has 19 heavy (non-hydrogen) atoms. The molecule has 1 fully saturated rings. The highest BCUT2D eigenvalue weighted by atomic mass is 19.1. The summed E-state index contributed by atoms with van der Waals surface area (Å²) in [6, 6.07) is 5.10. The van der Waals surface area contributed by atoms with E-state index in [9.17, 15) is 4.39 Å². The molecule has 1 aliphatic rings. The van der Waals surface area contributed by atoms with E-state index in [1.165, 1.54) is 25.3 Å². The Morgan fingerprint density at radius 1 is 1.42 bits per heavy atom. The van der Waals surface area contributed by atoms with E-state index in [4.69, 9.17) is 0 Å². The van der Waals surface area contributed by atoms with Gasteiger partial charge >= 0.3 is 0 Å². The van der Waals surface area contributed by atoms with Crippen molar-refractivity contribution < 1.29 is 4.39 Å². The van der Waals surface area contributed by atoms with Gasteiger partial charge in [0.05, 0.1) is 5.52 Å². The van der Waals surface area contributed by atoms with E-state index in [2.05, 4.69) is 16.8 Å². The molecule has 0 bridgehead atoms. The summed E-state index contributed by atoms with van der Waals surface area (Å²) in [6.07, 6.45) is 3.70. The second-order valence-corrected chi connectivity index (χ2v) is 5.44. The predicted molar refractivity (Wildman–Crippen MR) is 75.9 cm³/mol. The highest BCUT2D eigenvalue weighted by molar-refractivity contribution is 5.79. The molecule has 4 heteroatoms. The number of anilines is 1. The third-order valence-electron chi connectivity index (χ3n) is 4.20. The number of imidazole rings is 1. The smallest absolute Gasteiger partial charge is 0.206 e. The van der Waals surface area contributed by atoms with Gasteiger partial charge in [0.2, 0.25) is 5.95 Å². The number of halogens is 1. The summed E-state index contributed by atoms with van der Waals surface area (Å²) in [4.78, 5) is 6.92. The van der Waals surface area contributed by atoms with Gasteiger partial charge in [0.15, 0.2) is 0 Å². The van der Waals surface area contributed by atoms with Crippen LogP contribution in [0.1, 0.15) is 26.2 Å². The summed E-state index contributed by atoms with van der Waals surface area (Å²) in [5.41, 5.74) is 1.35. The molecule has 0 spiro atoms. The van der Waals surface area contributed by atoms with Crippen LogP contribution in [0.4, 0.5) is 10.3 Å². The zero-order valence-electron chi connectivity index (χ0n) is 11.6. The van der Waals surface area contributed by atoms with Crippen molar-refractivity contribution in [2.24, 2.45) is 13.0 Å². The van der Waals surface area contributed by atoms with Crippen LogP contribution in [0, 0.1) is 11.7 Å². The molecule has 0 unspecified atom stereocenters. The van der Waals surface area contributed by atoms with E-state index >= 15 is 0 Å². The number of hydrogen-bond donors (Lipinski definition) is 0. The number of hydrogen-bond acceptors (Lipinski definition) is 2. The van der Waals surface area contributed by atoms with Crippen LogP contribution >= 0.6 is 0 Å². The quantitative estimate of drug-likeness (QED) is 0.826. The summed E-state index contributed by atoms with van der Waals surface area (Å²) in [5.74, 6) is 1.44. The van der Waals surface area contributed by atoms with Crippen LogP contribution in [-0.2, 0) is 7.05 Å². The van der Waals surface area contributed by atoms with Crippen LogP contribution in [0.5, 0.6) is 0 Å². The first-order valence-corrected chi connectivity index (χ1v) is 7.06. The summed E-state index contributed by atoms with van der Waals surface area (Å²) in [7, 11) is 1.91. The van der Waals surface area contributed by atoms with Crippen LogP contribution in [0.15, 0.2) is 18.2 Å². The summed E-state index contributed by atoms with van der Waals surface area (Å²) in [6.45, 7) is 4.30. The maximum atomic E-state index is 13.9. The number of benzene rings is 1. The average Bonchev–Trinajstić information content (AvgIpc) is 2.77. The van der Waals surface area contributed by atoms with Crippen LogP contribution in [0.3, 0.4) is 0 Å². The summed E-state index contributed by atoms with van der Waals surface area (Å²) < 4.78 is 15.8. The minimum atomic E-state index is -0.192. The molecule has 1 aliphatic heterocycles. The zero-order valence-corrected chi connectivity index (χ0v) is 11.6. The molecule has 2 heterocycles. The van der Waals surface area contributed by atoms with Crippen molar-refractivity contribution in [2.45, 2.75) is 26.2 Å². The van der Waals surface area contributed by atoms with E-state index in [0.717, 1.165) is 30.5 Å². The van der Waals surface area contributed by atoms with Crippen molar-refractivity contribution in [1.29, 1.82) is 0 Å². The van der Waals surface area contributed by atoms with Crippen molar-refractivity contribution in [3.05, 3.63) is 24.0 Å². The highest BCUT2D eigenvalue weighted by Gasteiger charge is 2.23. The lowest BCUT2D eigenvalue weighted by atomic mass is 9.96. The molecule has 102 valence electrons. The standard InChI is InChI=1S/C15H20FN3/c1-3-11-6-5-9-19(10-11)15-17-13-8-4-7-12(16)14(13)18(15)2/h4,7-8,11H,3,5-6,9-10H2,1-2H3/t11-/m0/s1. The molecule has 1 aromatic carbocycles. The van der Waals surface area contributed by atoms with Gasteiger partial charge in [-0.2, -0.15) is 0 Å². The molecule has 0 aliphatic carbocycles. The molecule has 0 saturated carbocycles. The largest absolute Gasteiger partial charge is 0.342 e. The molecule has 3 rings (SSSR count). The van der Waals surface area contributed by atoms with Gasteiger partial charge in [0, 0.05) is 20.1 Å². The van der Waals surface area contributed by atoms with Gasteiger partial charge in [-0.1, -0.05) is 19.4 Å². The Kier molecular flexibility index (Phi) is 3.17. The Morgan fingerprint density at radius 3 is 3.00 bits per heavy atom. The summed E-state index contributed by atoms with van der Waals surface area (Å²) in [5, 5.41) is 0. The molecule has 0 amide bonds. The van der Waals surface area contributed by atoms with Gasteiger partial charge in [0.1, 0.15) is 11.3 Å². The van der Waals surface area contributed by atoms with Crippen molar-refractivity contribution in [3.63, 3.8) is 0 Å². The first-order valence-electron chi connectivity index (χ1n) is 7.06. The van der Waals surface area contributed by atoms with Gasteiger partial charge in [-0.15, -0.1) is 0 Å². The van der Waals surface area contributed by atoms with Crippen molar-refractivity contribution in [3.8, 4) is 0 Å². The first-order chi connectivity index (χ1) is 9.20. The fraction of sp³-hybridized carbons (Fsp3) is 0.533. The van der Waals surface area contributed by atoms with E-state index < -0.39 is 0 Å².